The van der Waals surface area contributed by atoms with Crippen molar-refractivity contribution < 1.29 is 0 Å². The van der Waals surface area contributed by atoms with E-state index in [0.29, 0.717) is 6.04 Å². The van der Waals surface area contributed by atoms with Crippen LogP contribution < -0.4 is 10.2 Å². The molecule has 0 spiro atoms. The average molecular weight is 259 g/mol. The fraction of sp³-hybridized carbons (Fsp3) is 0.688. The van der Waals surface area contributed by atoms with Gasteiger partial charge in [0.15, 0.2) is 0 Å². The molecule has 0 radical (unpaired) electrons. The minimum atomic E-state index is 0.639. The number of anilines is 1. The van der Waals surface area contributed by atoms with Gasteiger partial charge in [-0.3, -0.25) is 4.98 Å². The number of piperidine rings is 1. The Morgan fingerprint density at radius 1 is 1.32 bits per heavy atom. The van der Waals surface area contributed by atoms with Crippen LogP contribution in [0.2, 0.25) is 0 Å². The lowest BCUT2D eigenvalue weighted by molar-refractivity contribution is 0.363. The molecule has 104 valence electrons. The minimum absolute atomic E-state index is 0.639. The van der Waals surface area contributed by atoms with Gasteiger partial charge in [0.1, 0.15) is 0 Å². The van der Waals surface area contributed by atoms with E-state index < -0.39 is 0 Å². The molecule has 1 aliphatic heterocycles. The smallest absolute Gasteiger partial charge is 0.0562 e. The normalized spacial score (nSPS) is 27.6. The molecular formula is C16H25N3. The summed E-state index contributed by atoms with van der Waals surface area (Å²) in [5.74, 6) is 0.787. The molecule has 1 saturated carbocycles. The van der Waals surface area contributed by atoms with Crippen LogP contribution in [0.4, 0.5) is 5.69 Å². The van der Waals surface area contributed by atoms with Gasteiger partial charge >= 0.3 is 0 Å². The van der Waals surface area contributed by atoms with E-state index in [4.69, 9.17) is 0 Å². The summed E-state index contributed by atoms with van der Waals surface area (Å²) in [6, 6.07) is 5.82. The van der Waals surface area contributed by atoms with Crippen LogP contribution in [0.25, 0.3) is 0 Å². The number of nitrogens with one attached hydrogen (secondary N) is 1. The molecule has 1 saturated heterocycles. The summed E-state index contributed by atoms with van der Waals surface area (Å²) < 4.78 is 0. The van der Waals surface area contributed by atoms with Crippen molar-refractivity contribution in [3.63, 3.8) is 0 Å². The minimum Gasteiger partial charge on any atom is -0.368 e. The van der Waals surface area contributed by atoms with Gasteiger partial charge in [-0.2, -0.15) is 0 Å². The van der Waals surface area contributed by atoms with Gasteiger partial charge in [-0.1, -0.05) is 6.92 Å². The fourth-order valence-corrected chi connectivity index (χ4v) is 2.98. The molecule has 1 aliphatic carbocycles. The second-order valence-electron chi connectivity index (χ2n) is 6.21. The highest BCUT2D eigenvalue weighted by Crippen LogP contribution is 2.28. The van der Waals surface area contributed by atoms with E-state index in [2.05, 4.69) is 41.2 Å². The van der Waals surface area contributed by atoms with Crippen molar-refractivity contribution in [2.24, 2.45) is 5.92 Å². The summed E-state index contributed by atoms with van der Waals surface area (Å²) in [5, 5.41) is 3.54. The predicted molar refractivity (Wildman–Crippen MR) is 79.3 cm³/mol. The Morgan fingerprint density at radius 2 is 2.16 bits per heavy atom. The van der Waals surface area contributed by atoms with Gasteiger partial charge in [0.05, 0.1) is 5.69 Å². The maximum absolute atomic E-state index is 4.49. The van der Waals surface area contributed by atoms with E-state index in [0.717, 1.165) is 18.5 Å². The predicted octanol–water partition coefficient (Wildman–Crippen LogP) is 2.96. The van der Waals surface area contributed by atoms with Crippen molar-refractivity contribution in [1.82, 2.24) is 10.3 Å². The van der Waals surface area contributed by atoms with Crippen molar-refractivity contribution in [3.05, 3.63) is 24.0 Å². The van der Waals surface area contributed by atoms with Crippen molar-refractivity contribution in [2.45, 2.75) is 58.2 Å². The highest BCUT2D eigenvalue weighted by atomic mass is 15.2. The van der Waals surface area contributed by atoms with E-state index in [1.807, 2.05) is 6.20 Å². The van der Waals surface area contributed by atoms with Crippen LogP contribution in [0.3, 0.4) is 0 Å². The number of nitrogens with zero attached hydrogens (tertiary/aromatic N) is 2. The number of hydrogen-bond acceptors (Lipinski definition) is 3. The van der Waals surface area contributed by atoms with Crippen LogP contribution in [0.1, 0.15) is 45.2 Å². The molecule has 0 bridgehead atoms. The van der Waals surface area contributed by atoms with Crippen molar-refractivity contribution in [3.8, 4) is 0 Å². The number of rotatable bonds is 4. The summed E-state index contributed by atoms with van der Waals surface area (Å²) in [6.07, 6.45) is 7.30. The Labute approximate surface area is 116 Å². The monoisotopic (exact) mass is 259 g/mol. The van der Waals surface area contributed by atoms with Gasteiger partial charge in [0, 0.05) is 37.1 Å². The Kier molecular flexibility index (Phi) is 3.74. The Morgan fingerprint density at radius 3 is 2.95 bits per heavy atom. The van der Waals surface area contributed by atoms with Crippen LogP contribution >= 0.6 is 0 Å². The molecule has 0 aromatic carbocycles. The Hall–Kier alpha value is -1.09. The standard InChI is InChI=1S/C16H25N3/c1-12-4-3-9-19(13(12)2)16-7-8-17-15(10-16)11-18-14-5-6-14/h7-8,10,12-14,18H,3-6,9,11H2,1-2H3. The summed E-state index contributed by atoms with van der Waals surface area (Å²) in [5.41, 5.74) is 2.52. The number of pyridine rings is 1. The van der Waals surface area contributed by atoms with Gasteiger partial charge in [-0.15, -0.1) is 0 Å². The van der Waals surface area contributed by atoms with E-state index in [9.17, 15) is 0 Å². The molecule has 1 aromatic rings. The Balaban J connectivity index is 1.70. The first-order valence-corrected chi connectivity index (χ1v) is 7.69. The second kappa shape index (κ2) is 5.49. The third kappa shape index (κ3) is 3.08. The number of aromatic nitrogens is 1. The Bertz CT molecular complexity index is 428. The molecule has 1 N–H and O–H groups in total. The molecule has 19 heavy (non-hydrogen) atoms. The highest BCUT2D eigenvalue weighted by Gasteiger charge is 2.25. The lowest BCUT2D eigenvalue weighted by atomic mass is 9.91. The lowest BCUT2D eigenvalue weighted by Gasteiger charge is -2.39. The van der Waals surface area contributed by atoms with Crippen LogP contribution in [-0.2, 0) is 6.54 Å². The fourth-order valence-electron chi connectivity index (χ4n) is 2.98. The van der Waals surface area contributed by atoms with E-state index >= 15 is 0 Å². The molecule has 2 fully saturated rings. The van der Waals surface area contributed by atoms with Gasteiger partial charge in [-0.05, 0) is 50.7 Å². The van der Waals surface area contributed by atoms with Crippen LogP contribution in [0, 0.1) is 5.92 Å². The highest BCUT2D eigenvalue weighted by molar-refractivity contribution is 5.48. The molecule has 0 amide bonds. The van der Waals surface area contributed by atoms with E-state index in [-0.39, 0.29) is 0 Å². The first-order valence-electron chi connectivity index (χ1n) is 7.69. The topological polar surface area (TPSA) is 28.2 Å². The molecular weight excluding hydrogens is 234 g/mol. The van der Waals surface area contributed by atoms with Gasteiger partial charge in [0.25, 0.3) is 0 Å². The quantitative estimate of drug-likeness (QED) is 0.901. The summed E-state index contributed by atoms with van der Waals surface area (Å²) >= 11 is 0. The average Bonchev–Trinajstić information content (AvgIpc) is 3.24. The molecule has 1 aromatic heterocycles. The maximum Gasteiger partial charge on any atom is 0.0562 e. The zero-order chi connectivity index (χ0) is 13.2. The third-order valence-corrected chi connectivity index (χ3v) is 4.65. The van der Waals surface area contributed by atoms with Gasteiger partial charge in [-0.25, -0.2) is 0 Å². The van der Waals surface area contributed by atoms with Gasteiger partial charge in [0.2, 0.25) is 0 Å². The molecule has 3 heteroatoms. The summed E-state index contributed by atoms with van der Waals surface area (Å²) in [4.78, 5) is 7.04. The summed E-state index contributed by atoms with van der Waals surface area (Å²) in [6.45, 7) is 6.82. The van der Waals surface area contributed by atoms with Crippen molar-refractivity contribution in [2.75, 3.05) is 11.4 Å². The summed E-state index contributed by atoms with van der Waals surface area (Å²) in [7, 11) is 0. The maximum atomic E-state index is 4.49. The van der Waals surface area contributed by atoms with Crippen molar-refractivity contribution >= 4 is 5.69 Å². The largest absolute Gasteiger partial charge is 0.368 e. The lowest BCUT2D eigenvalue weighted by Crippen LogP contribution is -2.42. The molecule has 2 aliphatic rings. The number of hydrogen-bond donors (Lipinski definition) is 1. The third-order valence-electron chi connectivity index (χ3n) is 4.65. The van der Waals surface area contributed by atoms with Crippen molar-refractivity contribution in [1.29, 1.82) is 0 Å². The molecule has 2 heterocycles. The molecule has 3 nitrogen and oxygen atoms in total. The van der Waals surface area contributed by atoms with Crippen LogP contribution in [0.15, 0.2) is 18.3 Å². The van der Waals surface area contributed by atoms with E-state index in [1.165, 1.54) is 43.6 Å². The van der Waals surface area contributed by atoms with E-state index in [1.54, 1.807) is 0 Å². The second-order valence-corrected chi connectivity index (χ2v) is 6.21. The van der Waals surface area contributed by atoms with Crippen LogP contribution in [-0.4, -0.2) is 23.6 Å². The van der Waals surface area contributed by atoms with Gasteiger partial charge < -0.3 is 10.2 Å². The zero-order valence-electron chi connectivity index (χ0n) is 12.1. The first-order chi connectivity index (χ1) is 9.24. The molecule has 2 unspecified atom stereocenters. The van der Waals surface area contributed by atoms with Crippen LogP contribution in [0.5, 0.6) is 0 Å². The zero-order valence-corrected chi connectivity index (χ0v) is 12.1. The molecule has 3 rings (SSSR count). The first kappa shape index (κ1) is 12.9. The SMILES string of the molecule is CC1CCCN(c2ccnc(CNC3CC3)c2)C1C. The molecule has 2 atom stereocenters.